The van der Waals surface area contributed by atoms with E-state index in [1.165, 1.54) is 11.1 Å². The maximum absolute atomic E-state index is 12.6. The molecular formula is C48H50B2F8N2O4. The molecule has 0 aliphatic rings. The molecule has 0 N–H and O–H groups in total. The van der Waals surface area contributed by atoms with Crippen LogP contribution in [0.2, 0.25) is 0 Å². The quantitative estimate of drug-likeness (QED) is 0.0563. The van der Waals surface area contributed by atoms with Gasteiger partial charge in [0.25, 0.3) is 0 Å². The van der Waals surface area contributed by atoms with Gasteiger partial charge < -0.3 is 44.0 Å². The summed E-state index contributed by atoms with van der Waals surface area (Å²) in [6.45, 7) is 15.0. The summed E-state index contributed by atoms with van der Waals surface area (Å²) in [4.78, 5) is 25.2. The van der Waals surface area contributed by atoms with E-state index in [2.05, 4.69) is 124 Å². The van der Waals surface area contributed by atoms with Crippen LogP contribution >= 0.6 is 0 Å². The van der Waals surface area contributed by atoms with Crippen molar-refractivity contribution in [3.63, 3.8) is 0 Å². The fraction of sp³-hybridized carbons (Fsp3) is 0.250. The SMILES string of the molecule is CC(C)(C)c1ccc(C(=O)OCc2ccc(-c3cc[n+](CC[n+]4ccc(-c5ccc(COC(=O)c6ccc(C(C)(C)C)cc6)cc5)cc4)cc3)cc2)cc1.F[B-](F)(F)F.F[B-](F)(F)F. The lowest BCUT2D eigenvalue weighted by Gasteiger charge is -2.18. The largest absolute Gasteiger partial charge is 0.673 e. The molecule has 64 heavy (non-hydrogen) atoms. The minimum absolute atomic E-state index is 0.0384. The van der Waals surface area contributed by atoms with Gasteiger partial charge in [0.2, 0.25) is 13.1 Å². The zero-order valence-corrected chi connectivity index (χ0v) is 36.4. The van der Waals surface area contributed by atoms with Gasteiger partial charge >= 0.3 is 26.4 Å². The van der Waals surface area contributed by atoms with Crippen molar-refractivity contribution in [2.24, 2.45) is 0 Å². The molecule has 0 saturated carbocycles. The van der Waals surface area contributed by atoms with E-state index < -0.39 is 14.5 Å². The first-order chi connectivity index (χ1) is 29.8. The number of hydrogen-bond acceptors (Lipinski definition) is 4. The van der Waals surface area contributed by atoms with Gasteiger partial charge in [-0.3, -0.25) is 0 Å². The number of esters is 2. The van der Waals surface area contributed by atoms with Crippen LogP contribution in [0.3, 0.4) is 0 Å². The highest BCUT2D eigenvalue weighted by Gasteiger charge is 2.21. The number of aryl methyl sites for hydroxylation is 2. The Morgan fingerprint density at radius 1 is 0.422 bits per heavy atom. The van der Waals surface area contributed by atoms with E-state index in [1.807, 2.05) is 72.8 Å². The molecule has 338 valence electrons. The highest BCUT2D eigenvalue weighted by molar-refractivity contribution is 6.50. The Labute approximate surface area is 368 Å². The summed E-state index contributed by atoms with van der Waals surface area (Å²) in [6.07, 6.45) is 8.41. The molecule has 6 nitrogen and oxygen atoms in total. The molecule has 0 amide bonds. The van der Waals surface area contributed by atoms with Crippen molar-refractivity contribution in [3.8, 4) is 22.3 Å². The summed E-state index contributed by atoms with van der Waals surface area (Å²) in [6, 6.07) is 40.1. The lowest BCUT2D eigenvalue weighted by molar-refractivity contribution is -0.778. The van der Waals surface area contributed by atoms with Gasteiger partial charge in [0, 0.05) is 24.3 Å². The van der Waals surface area contributed by atoms with E-state index in [0.29, 0.717) is 11.1 Å². The van der Waals surface area contributed by atoms with Crippen molar-refractivity contribution in [3.05, 3.63) is 179 Å². The van der Waals surface area contributed by atoms with Gasteiger partial charge in [-0.1, -0.05) is 114 Å². The van der Waals surface area contributed by atoms with Crippen LogP contribution in [0.5, 0.6) is 0 Å². The highest BCUT2D eigenvalue weighted by atomic mass is 19.5. The van der Waals surface area contributed by atoms with Crippen LogP contribution in [0.1, 0.15) is 84.5 Å². The molecule has 2 aromatic heterocycles. The molecule has 6 aromatic rings. The van der Waals surface area contributed by atoms with E-state index in [-0.39, 0.29) is 36.0 Å². The van der Waals surface area contributed by atoms with Crippen LogP contribution < -0.4 is 9.13 Å². The standard InChI is InChI=1S/C48H50N2O4.2BF4/c1-47(2,3)43-19-15-41(16-20-43)45(51)53-33-35-7-11-37(12-8-35)39-23-27-49(28-24-39)31-32-50-29-25-40(26-30-50)38-13-9-36(10-14-38)34-54-46(52)42-17-21-44(22-18-42)48(4,5)6;2*2-1(3,4)5/h7-30H,31-34H2,1-6H3;;/q+2;2*-1. The topological polar surface area (TPSA) is 60.4 Å². The maximum atomic E-state index is 12.6. The maximum Gasteiger partial charge on any atom is 0.673 e. The van der Waals surface area contributed by atoms with Crippen molar-refractivity contribution >= 4 is 26.4 Å². The number of benzene rings is 4. The van der Waals surface area contributed by atoms with Crippen LogP contribution in [0.25, 0.3) is 22.3 Å². The van der Waals surface area contributed by atoms with Crippen LogP contribution in [-0.2, 0) is 46.6 Å². The Bertz CT molecular complexity index is 2210. The Balaban J connectivity index is 0.000000809. The Kier molecular flexibility index (Phi) is 17.2. The van der Waals surface area contributed by atoms with Crippen molar-refractivity contribution in [2.75, 3.05) is 0 Å². The molecular weight excluding hydrogens is 842 g/mol. The predicted molar refractivity (Wildman–Crippen MR) is 233 cm³/mol. The normalized spacial score (nSPS) is 11.7. The number of carbonyl (C=O) groups excluding carboxylic acids is 2. The van der Waals surface area contributed by atoms with Gasteiger partial charge in [-0.15, -0.1) is 0 Å². The second-order valence-electron chi connectivity index (χ2n) is 16.8. The summed E-state index contributed by atoms with van der Waals surface area (Å²) in [5.41, 5.74) is 9.92. The smallest absolute Gasteiger partial charge is 0.457 e. The molecule has 0 aliphatic heterocycles. The van der Waals surface area contributed by atoms with Crippen LogP contribution in [-0.4, -0.2) is 26.4 Å². The van der Waals surface area contributed by atoms with E-state index >= 15 is 0 Å². The number of rotatable bonds is 11. The minimum Gasteiger partial charge on any atom is -0.457 e. The number of ether oxygens (including phenoxy) is 2. The number of hydrogen-bond donors (Lipinski definition) is 0. The second kappa shape index (κ2) is 21.9. The first-order valence-corrected chi connectivity index (χ1v) is 20.3. The number of aromatic nitrogens is 2. The van der Waals surface area contributed by atoms with Gasteiger partial charge in [0.15, 0.2) is 24.8 Å². The van der Waals surface area contributed by atoms with E-state index in [4.69, 9.17) is 9.47 Å². The molecule has 0 spiro atoms. The molecule has 0 saturated heterocycles. The molecule has 0 fully saturated rings. The Hall–Kier alpha value is -6.31. The minimum atomic E-state index is -6.00. The van der Waals surface area contributed by atoms with Crippen LogP contribution in [0.4, 0.5) is 34.5 Å². The van der Waals surface area contributed by atoms with Gasteiger partial charge in [-0.25, -0.2) is 9.59 Å². The molecule has 0 radical (unpaired) electrons. The van der Waals surface area contributed by atoms with E-state index in [9.17, 15) is 44.1 Å². The Morgan fingerprint density at radius 3 is 0.922 bits per heavy atom. The molecule has 2 heterocycles. The first-order valence-electron chi connectivity index (χ1n) is 20.3. The van der Waals surface area contributed by atoms with E-state index in [0.717, 1.165) is 46.5 Å². The third-order valence-electron chi connectivity index (χ3n) is 9.69. The van der Waals surface area contributed by atoms with Crippen molar-refractivity contribution < 1.29 is 62.7 Å². The molecule has 6 rings (SSSR count). The van der Waals surface area contributed by atoms with Crippen LogP contribution in [0.15, 0.2) is 146 Å². The summed E-state index contributed by atoms with van der Waals surface area (Å²) in [5, 5.41) is 0. The third-order valence-corrected chi connectivity index (χ3v) is 9.69. The molecule has 16 heteroatoms. The fourth-order valence-corrected chi connectivity index (χ4v) is 6.09. The fourth-order valence-electron chi connectivity index (χ4n) is 6.09. The summed E-state index contributed by atoms with van der Waals surface area (Å²) in [7, 11) is -12.0. The zero-order chi connectivity index (χ0) is 47.3. The van der Waals surface area contributed by atoms with E-state index in [1.54, 1.807) is 0 Å². The average Bonchev–Trinajstić information content (AvgIpc) is 3.23. The molecule has 4 aromatic carbocycles. The van der Waals surface area contributed by atoms with Gasteiger partial charge in [-0.05, 0) is 79.6 Å². The lowest BCUT2D eigenvalue weighted by Crippen LogP contribution is -2.43. The first kappa shape index (κ1) is 50.3. The van der Waals surface area contributed by atoms with Gasteiger partial charge in [-0.2, -0.15) is 9.13 Å². The monoisotopic (exact) mass is 892 g/mol. The molecule has 0 aliphatic carbocycles. The molecule has 0 bridgehead atoms. The highest BCUT2D eigenvalue weighted by Crippen LogP contribution is 2.25. The van der Waals surface area contributed by atoms with Crippen molar-refractivity contribution in [2.45, 2.75) is 78.7 Å². The average molecular weight is 893 g/mol. The zero-order valence-electron chi connectivity index (χ0n) is 36.4. The number of carbonyl (C=O) groups is 2. The summed E-state index contributed by atoms with van der Waals surface area (Å²) in [5.74, 6) is -0.633. The van der Waals surface area contributed by atoms with Crippen molar-refractivity contribution in [1.82, 2.24) is 0 Å². The van der Waals surface area contributed by atoms with Crippen LogP contribution in [0, 0.1) is 0 Å². The number of nitrogens with zero attached hydrogens (tertiary/aromatic N) is 2. The predicted octanol–water partition coefficient (Wildman–Crippen LogP) is 12.2. The third kappa shape index (κ3) is 17.8. The lowest BCUT2D eigenvalue weighted by atomic mass is 9.87. The molecule has 0 atom stereocenters. The second-order valence-corrected chi connectivity index (χ2v) is 16.8. The number of pyridine rings is 2. The number of halogens is 8. The molecule has 0 unspecified atom stereocenters. The van der Waals surface area contributed by atoms with Crippen molar-refractivity contribution in [1.29, 1.82) is 0 Å². The van der Waals surface area contributed by atoms with Gasteiger partial charge in [0.1, 0.15) is 13.2 Å². The van der Waals surface area contributed by atoms with Gasteiger partial charge in [0.05, 0.1) is 11.1 Å². The summed E-state index contributed by atoms with van der Waals surface area (Å²) >= 11 is 0. The Morgan fingerprint density at radius 2 is 0.672 bits per heavy atom. The summed E-state index contributed by atoms with van der Waals surface area (Å²) < 4.78 is 93.5.